The number of aromatic carboxylic acids is 1. The lowest BCUT2D eigenvalue weighted by atomic mass is 10.1. The van der Waals surface area contributed by atoms with E-state index >= 15 is 0 Å². The van der Waals surface area contributed by atoms with Crippen LogP contribution in [-0.4, -0.2) is 23.6 Å². The van der Waals surface area contributed by atoms with Crippen LogP contribution in [-0.2, 0) is 11.3 Å². The molecule has 1 amide bonds. The van der Waals surface area contributed by atoms with Crippen LogP contribution in [0.25, 0.3) is 0 Å². The summed E-state index contributed by atoms with van der Waals surface area (Å²) in [6.07, 6.45) is 0. The molecule has 22 heavy (non-hydrogen) atoms. The Kier molecular flexibility index (Phi) is 5.16. The number of carboxylic acid groups (broad SMARTS) is 1. The summed E-state index contributed by atoms with van der Waals surface area (Å²) in [6, 6.07) is 9.04. The van der Waals surface area contributed by atoms with Gasteiger partial charge in [0.05, 0.1) is 6.54 Å². The van der Waals surface area contributed by atoms with Crippen LogP contribution in [0.15, 0.2) is 30.3 Å². The van der Waals surface area contributed by atoms with E-state index in [0.29, 0.717) is 12.3 Å². The lowest BCUT2D eigenvalue weighted by Gasteiger charge is -2.10. The number of ether oxygens (including phenoxy) is 1. The van der Waals surface area contributed by atoms with E-state index in [-0.39, 0.29) is 17.4 Å². The predicted molar refractivity (Wildman–Crippen MR) is 84.5 cm³/mol. The van der Waals surface area contributed by atoms with Gasteiger partial charge in [0.1, 0.15) is 10.6 Å². The van der Waals surface area contributed by atoms with Crippen LogP contribution in [0.1, 0.15) is 25.7 Å². The van der Waals surface area contributed by atoms with E-state index < -0.39 is 5.97 Å². The van der Waals surface area contributed by atoms with Gasteiger partial charge in [0, 0.05) is 4.88 Å². The third kappa shape index (κ3) is 4.33. The molecule has 1 aromatic carbocycles. The van der Waals surface area contributed by atoms with E-state index in [1.807, 2.05) is 32.0 Å². The molecular formula is C16H17NO4S. The van der Waals surface area contributed by atoms with Crippen molar-refractivity contribution in [3.63, 3.8) is 0 Å². The highest BCUT2D eigenvalue weighted by Crippen LogP contribution is 2.19. The average molecular weight is 319 g/mol. The fraction of sp³-hybridized carbons (Fsp3) is 0.250. The van der Waals surface area contributed by atoms with E-state index in [0.717, 1.165) is 27.3 Å². The van der Waals surface area contributed by atoms with Crippen molar-refractivity contribution < 1.29 is 19.4 Å². The Balaban J connectivity index is 1.82. The molecule has 0 radical (unpaired) electrons. The topological polar surface area (TPSA) is 75.6 Å². The quantitative estimate of drug-likeness (QED) is 0.858. The molecule has 5 nitrogen and oxygen atoms in total. The molecule has 0 aliphatic rings. The lowest BCUT2D eigenvalue weighted by Crippen LogP contribution is -2.28. The van der Waals surface area contributed by atoms with Gasteiger partial charge >= 0.3 is 5.97 Å². The molecule has 0 unspecified atom stereocenters. The number of hydrogen-bond donors (Lipinski definition) is 2. The summed E-state index contributed by atoms with van der Waals surface area (Å²) in [5.41, 5.74) is 2.04. The van der Waals surface area contributed by atoms with Crippen molar-refractivity contribution in [1.29, 1.82) is 0 Å². The number of rotatable bonds is 6. The van der Waals surface area contributed by atoms with Gasteiger partial charge in [0.2, 0.25) is 0 Å². The van der Waals surface area contributed by atoms with E-state index in [1.165, 1.54) is 6.07 Å². The van der Waals surface area contributed by atoms with Crippen LogP contribution in [0.3, 0.4) is 0 Å². The number of carbonyl (C=O) groups excluding carboxylic acids is 1. The number of thiophene rings is 1. The number of aryl methyl sites for hydroxylation is 2. The van der Waals surface area contributed by atoms with Crippen molar-refractivity contribution in [3.05, 3.63) is 51.2 Å². The molecule has 0 spiro atoms. The Hall–Kier alpha value is -2.34. The minimum absolute atomic E-state index is 0.0680. The van der Waals surface area contributed by atoms with Gasteiger partial charge in [-0.3, -0.25) is 4.79 Å². The molecule has 0 bridgehead atoms. The lowest BCUT2D eigenvalue weighted by molar-refractivity contribution is -0.123. The molecule has 0 fully saturated rings. The zero-order chi connectivity index (χ0) is 16.1. The standard InChI is InChI=1S/C16H17NO4S/c1-10-3-4-11(2)13(7-10)21-9-15(18)17-8-12-5-6-14(22-12)16(19)20/h3-7H,8-9H2,1-2H3,(H,17,18)(H,19,20). The molecule has 1 aromatic heterocycles. The van der Waals surface area contributed by atoms with Gasteiger partial charge in [-0.25, -0.2) is 4.79 Å². The number of benzene rings is 1. The zero-order valence-electron chi connectivity index (χ0n) is 12.4. The van der Waals surface area contributed by atoms with Crippen LogP contribution in [0.4, 0.5) is 0 Å². The number of carbonyl (C=O) groups is 2. The Morgan fingerprint density at radius 2 is 2.00 bits per heavy atom. The molecule has 0 aliphatic heterocycles. The average Bonchev–Trinajstić information content (AvgIpc) is 2.95. The number of nitrogens with one attached hydrogen (secondary N) is 1. The zero-order valence-corrected chi connectivity index (χ0v) is 13.2. The molecule has 0 saturated heterocycles. The Morgan fingerprint density at radius 1 is 1.23 bits per heavy atom. The Labute approximate surface area is 132 Å². The summed E-state index contributed by atoms with van der Waals surface area (Å²) < 4.78 is 5.51. The van der Waals surface area contributed by atoms with Crippen LogP contribution < -0.4 is 10.1 Å². The minimum Gasteiger partial charge on any atom is -0.483 e. The van der Waals surface area contributed by atoms with Crippen molar-refractivity contribution in [2.24, 2.45) is 0 Å². The van der Waals surface area contributed by atoms with E-state index in [9.17, 15) is 9.59 Å². The molecule has 1 heterocycles. The van der Waals surface area contributed by atoms with Crippen molar-refractivity contribution >= 4 is 23.2 Å². The predicted octanol–water partition coefficient (Wildman–Crippen LogP) is 2.76. The SMILES string of the molecule is Cc1ccc(C)c(OCC(=O)NCc2ccc(C(=O)O)s2)c1. The molecule has 6 heteroatoms. The number of carboxylic acids is 1. The van der Waals surface area contributed by atoms with Gasteiger partial charge in [-0.1, -0.05) is 12.1 Å². The highest BCUT2D eigenvalue weighted by molar-refractivity contribution is 7.13. The van der Waals surface area contributed by atoms with Crippen molar-refractivity contribution in [3.8, 4) is 5.75 Å². The van der Waals surface area contributed by atoms with Gasteiger partial charge in [-0.15, -0.1) is 11.3 Å². The maximum Gasteiger partial charge on any atom is 0.345 e. The first-order chi connectivity index (χ1) is 10.5. The largest absolute Gasteiger partial charge is 0.483 e. The first kappa shape index (κ1) is 16.0. The summed E-state index contributed by atoms with van der Waals surface area (Å²) in [6.45, 7) is 4.11. The summed E-state index contributed by atoms with van der Waals surface area (Å²) >= 11 is 1.15. The van der Waals surface area contributed by atoms with Gasteiger partial charge in [0.15, 0.2) is 6.61 Å². The highest BCUT2D eigenvalue weighted by atomic mass is 32.1. The van der Waals surface area contributed by atoms with Gasteiger partial charge < -0.3 is 15.2 Å². The molecule has 0 saturated carbocycles. The fourth-order valence-corrected chi connectivity index (χ4v) is 2.62. The first-order valence-corrected chi connectivity index (χ1v) is 7.56. The maximum absolute atomic E-state index is 11.8. The molecule has 2 N–H and O–H groups in total. The van der Waals surface area contributed by atoms with Crippen molar-refractivity contribution in [1.82, 2.24) is 5.32 Å². The molecule has 0 atom stereocenters. The number of hydrogen-bond acceptors (Lipinski definition) is 4. The second-order valence-corrected chi connectivity index (χ2v) is 6.07. The second kappa shape index (κ2) is 7.09. The van der Waals surface area contributed by atoms with Gasteiger partial charge in [-0.05, 0) is 43.2 Å². The van der Waals surface area contributed by atoms with Crippen LogP contribution in [0, 0.1) is 13.8 Å². The van der Waals surface area contributed by atoms with Crippen LogP contribution in [0.5, 0.6) is 5.75 Å². The van der Waals surface area contributed by atoms with Crippen molar-refractivity contribution in [2.75, 3.05) is 6.61 Å². The third-order valence-corrected chi connectivity index (χ3v) is 4.11. The summed E-state index contributed by atoms with van der Waals surface area (Å²) in [7, 11) is 0. The summed E-state index contributed by atoms with van der Waals surface area (Å²) in [5, 5.41) is 11.5. The normalized spacial score (nSPS) is 10.3. The smallest absolute Gasteiger partial charge is 0.345 e. The first-order valence-electron chi connectivity index (χ1n) is 6.74. The molecule has 2 aromatic rings. The Bertz CT molecular complexity index is 693. The van der Waals surface area contributed by atoms with Crippen molar-refractivity contribution in [2.45, 2.75) is 20.4 Å². The van der Waals surface area contributed by atoms with Crippen LogP contribution in [0.2, 0.25) is 0 Å². The maximum atomic E-state index is 11.8. The third-order valence-electron chi connectivity index (χ3n) is 3.03. The monoisotopic (exact) mass is 319 g/mol. The van der Waals surface area contributed by atoms with Crippen LogP contribution >= 0.6 is 11.3 Å². The Morgan fingerprint density at radius 3 is 2.68 bits per heavy atom. The molecule has 116 valence electrons. The fourth-order valence-electron chi connectivity index (χ4n) is 1.83. The minimum atomic E-state index is -0.958. The van der Waals surface area contributed by atoms with E-state index in [2.05, 4.69) is 5.32 Å². The molecule has 0 aliphatic carbocycles. The van der Waals surface area contributed by atoms with Gasteiger partial charge in [0.25, 0.3) is 5.91 Å². The van der Waals surface area contributed by atoms with E-state index in [1.54, 1.807) is 6.07 Å². The molecule has 2 rings (SSSR count). The summed E-state index contributed by atoms with van der Waals surface area (Å²) in [4.78, 5) is 23.6. The summed E-state index contributed by atoms with van der Waals surface area (Å²) in [5.74, 6) is -0.508. The molecular weight excluding hydrogens is 302 g/mol. The second-order valence-electron chi connectivity index (χ2n) is 4.91. The number of amides is 1. The van der Waals surface area contributed by atoms with E-state index in [4.69, 9.17) is 9.84 Å². The van der Waals surface area contributed by atoms with Gasteiger partial charge in [-0.2, -0.15) is 0 Å². The highest BCUT2D eigenvalue weighted by Gasteiger charge is 2.09.